The number of benzene rings is 2. The van der Waals surface area contributed by atoms with Gasteiger partial charge < -0.3 is 4.90 Å². The lowest BCUT2D eigenvalue weighted by Crippen LogP contribution is -2.27. The minimum absolute atomic E-state index is 0.115. The first-order valence-electron chi connectivity index (χ1n) is 7.84. The van der Waals surface area contributed by atoms with E-state index >= 15 is 0 Å². The number of nitro benzene ring substituents is 1. The van der Waals surface area contributed by atoms with Gasteiger partial charge in [-0.05, 0) is 18.9 Å². The lowest BCUT2D eigenvalue weighted by molar-refractivity contribution is -0.384. The molecule has 1 fully saturated rings. The smallest absolute Gasteiger partial charge is 0.293 e. The van der Waals surface area contributed by atoms with Crippen molar-refractivity contribution >= 4 is 22.9 Å². The molecular formula is C18H14N2O4. The summed E-state index contributed by atoms with van der Waals surface area (Å²) in [6.45, 7) is 1.31. The summed E-state index contributed by atoms with van der Waals surface area (Å²) < 4.78 is 0. The molecule has 6 nitrogen and oxygen atoms in total. The minimum atomic E-state index is -0.480. The second kappa shape index (κ2) is 5.26. The van der Waals surface area contributed by atoms with E-state index in [1.165, 1.54) is 12.1 Å². The molecule has 0 amide bonds. The summed E-state index contributed by atoms with van der Waals surface area (Å²) in [6, 6.07) is 9.37. The number of anilines is 1. The third-order valence-electron chi connectivity index (χ3n) is 4.66. The second-order valence-corrected chi connectivity index (χ2v) is 6.01. The summed E-state index contributed by atoms with van der Waals surface area (Å²) in [6.07, 6.45) is 1.83. The molecule has 0 saturated carbocycles. The van der Waals surface area contributed by atoms with Gasteiger partial charge in [-0.2, -0.15) is 0 Å². The Bertz CT molecular complexity index is 898. The zero-order chi connectivity index (χ0) is 16.8. The van der Waals surface area contributed by atoms with E-state index < -0.39 is 4.92 Å². The largest absolute Gasteiger partial charge is 0.365 e. The number of hydrogen-bond donors (Lipinski definition) is 0. The maximum absolute atomic E-state index is 13.0. The van der Waals surface area contributed by atoms with Crippen molar-refractivity contribution in [3.05, 3.63) is 68.8 Å². The van der Waals surface area contributed by atoms with Crippen molar-refractivity contribution in [1.29, 1.82) is 0 Å². The molecule has 2 aromatic carbocycles. The highest BCUT2D eigenvalue weighted by Gasteiger charge is 2.37. The molecule has 0 atom stereocenters. The number of hydrogen-bond acceptors (Lipinski definition) is 5. The standard InChI is InChI=1S/C18H14N2O4/c21-17-11-5-1-2-6-12(11)18(22)15-13(17)7-8-14(20(23)24)16(15)19-9-3-4-10-19/h1-2,5-8H,3-4,9-10H2. The van der Waals surface area contributed by atoms with Gasteiger partial charge in [0, 0.05) is 35.8 Å². The molecule has 6 heteroatoms. The lowest BCUT2D eigenvalue weighted by atomic mass is 9.82. The van der Waals surface area contributed by atoms with Gasteiger partial charge in [-0.3, -0.25) is 19.7 Å². The number of ketones is 2. The van der Waals surface area contributed by atoms with Gasteiger partial charge in [0.2, 0.25) is 0 Å². The van der Waals surface area contributed by atoms with Crippen molar-refractivity contribution in [1.82, 2.24) is 0 Å². The van der Waals surface area contributed by atoms with E-state index in [2.05, 4.69) is 0 Å². The van der Waals surface area contributed by atoms with Crippen LogP contribution in [-0.2, 0) is 0 Å². The fourth-order valence-electron chi connectivity index (χ4n) is 3.57. The number of fused-ring (bicyclic) bond motifs is 2. The highest BCUT2D eigenvalue weighted by atomic mass is 16.6. The first-order chi connectivity index (χ1) is 11.6. The SMILES string of the molecule is O=C1c2ccccc2C(=O)c2c1ccc([N+](=O)[O-])c2N1CCCC1. The Morgan fingerprint density at radius 2 is 1.50 bits per heavy atom. The summed E-state index contributed by atoms with van der Waals surface area (Å²) in [5.74, 6) is -0.568. The molecule has 1 heterocycles. The highest BCUT2D eigenvalue weighted by Crippen LogP contribution is 2.40. The maximum Gasteiger partial charge on any atom is 0.293 e. The van der Waals surface area contributed by atoms with Crippen molar-refractivity contribution < 1.29 is 14.5 Å². The molecule has 120 valence electrons. The molecule has 0 unspecified atom stereocenters. The molecule has 0 bridgehead atoms. The zero-order valence-electron chi connectivity index (χ0n) is 12.8. The van der Waals surface area contributed by atoms with Gasteiger partial charge in [0.15, 0.2) is 11.6 Å². The van der Waals surface area contributed by atoms with E-state index in [1.54, 1.807) is 24.3 Å². The first kappa shape index (κ1) is 14.6. The average Bonchev–Trinajstić information content (AvgIpc) is 3.12. The minimum Gasteiger partial charge on any atom is -0.365 e. The lowest BCUT2D eigenvalue weighted by Gasteiger charge is -2.25. The van der Waals surface area contributed by atoms with Crippen LogP contribution in [0.4, 0.5) is 11.4 Å². The quantitative estimate of drug-likeness (QED) is 0.535. The monoisotopic (exact) mass is 322 g/mol. The summed E-state index contributed by atoms with van der Waals surface area (Å²) in [5.41, 5.74) is 1.28. The van der Waals surface area contributed by atoms with Gasteiger partial charge in [0.05, 0.1) is 10.5 Å². The molecule has 2 aliphatic rings. The van der Waals surface area contributed by atoms with E-state index in [1.807, 2.05) is 4.90 Å². The molecule has 2 aromatic rings. The number of nitro groups is 1. The van der Waals surface area contributed by atoms with Crippen LogP contribution in [0.15, 0.2) is 36.4 Å². The van der Waals surface area contributed by atoms with Crippen LogP contribution in [0.1, 0.15) is 44.7 Å². The number of nitrogens with zero attached hydrogens (tertiary/aromatic N) is 2. The molecule has 1 aliphatic carbocycles. The van der Waals surface area contributed by atoms with Crippen molar-refractivity contribution in [2.45, 2.75) is 12.8 Å². The van der Waals surface area contributed by atoms with Gasteiger partial charge in [-0.15, -0.1) is 0 Å². The Labute approximate surface area is 137 Å². The third kappa shape index (κ3) is 1.96. The van der Waals surface area contributed by atoms with Crippen molar-refractivity contribution in [2.24, 2.45) is 0 Å². The first-order valence-corrected chi connectivity index (χ1v) is 7.84. The van der Waals surface area contributed by atoms with Gasteiger partial charge in [-0.1, -0.05) is 24.3 Å². The van der Waals surface area contributed by atoms with E-state index in [0.29, 0.717) is 29.9 Å². The van der Waals surface area contributed by atoms with Crippen LogP contribution in [0.5, 0.6) is 0 Å². The average molecular weight is 322 g/mol. The normalized spacial score (nSPS) is 16.1. The van der Waals surface area contributed by atoms with Gasteiger partial charge in [0.1, 0.15) is 5.69 Å². The molecule has 1 aliphatic heterocycles. The molecule has 24 heavy (non-hydrogen) atoms. The Morgan fingerprint density at radius 1 is 0.875 bits per heavy atom. The predicted molar refractivity (Wildman–Crippen MR) is 87.9 cm³/mol. The van der Waals surface area contributed by atoms with Crippen LogP contribution in [0.25, 0.3) is 0 Å². The zero-order valence-corrected chi connectivity index (χ0v) is 12.8. The Morgan fingerprint density at radius 3 is 2.12 bits per heavy atom. The number of carbonyl (C=O) groups is 2. The summed E-state index contributed by atoms with van der Waals surface area (Å²) in [5, 5.41) is 11.5. The fraction of sp³-hybridized carbons (Fsp3) is 0.222. The van der Waals surface area contributed by atoms with Crippen molar-refractivity contribution in [3.63, 3.8) is 0 Å². The van der Waals surface area contributed by atoms with Gasteiger partial charge in [-0.25, -0.2) is 0 Å². The molecule has 1 saturated heterocycles. The van der Waals surface area contributed by atoms with E-state index in [4.69, 9.17) is 0 Å². The van der Waals surface area contributed by atoms with Crippen molar-refractivity contribution in [2.75, 3.05) is 18.0 Å². The Balaban J connectivity index is 2.02. The Kier molecular flexibility index (Phi) is 3.19. The number of carbonyl (C=O) groups excluding carboxylic acids is 2. The van der Waals surface area contributed by atoms with Crippen LogP contribution in [0, 0.1) is 10.1 Å². The molecule has 0 N–H and O–H groups in total. The summed E-state index contributed by atoms with van der Waals surface area (Å²) >= 11 is 0. The molecule has 0 spiro atoms. The number of rotatable bonds is 2. The van der Waals surface area contributed by atoms with Gasteiger partial charge in [0.25, 0.3) is 5.69 Å². The molecule has 4 rings (SSSR count). The van der Waals surface area contributed by atoms with Crippen LogP contribution < -0.4 is 4.90 Å². The fourth-order valence-corrected chi connectivity index (χ4v) is 3.57. The molecule has 0 radical (unpaired) electrons. The highest BCUT2D eigenvalue weighted by molar-refractivity contribution is 6.30. The maximum atomic E-state index is 13.0. The van der Waals surface area contributed by atoms with E-state index in [9.17, 15) is 19.7 Å². The predicted octanol–water partition coefficient (Wildman–Crippen LogP) is 2.97. The Hall–Kier alpha value is -3.02. The van der Waals surface area contributed by atoms with E-state index in [0.717, 1.165) is 12.8 Å². The third-order valence-corrected chi connectivity index (χ3v) is 4.66. The summed E-state index contributed by atoms with van der Waals surface area (Å²) in [7, 11) is 0. The van der Waals surface area contributed by atoms with Crippen LogP contribution >= 0.6 is 0 Å². The van der Waals surface area contributed by atoms with Crippen molar-refractivity contribution in [3.8, 4) is 0 Å². The van der Waals surface area contributed by atoms with E-state index in [-0.39, 0.29) is 28.4 Å². The molecule has 0 aromatic heterocycles. The van der Waals surface area contributed by atoms with Crippen LogP contribution in [0.2, 0.25) is 0 Å². The topological polar surface area (TPSA) is 80.5 Å². The second-order valence-electron chi connectivity index (χ2n) is 6.01. The molecular weight excluding hydrogens is 308 g/mol. The van der Waals surface area contributed by atoms with Gasteiger partial charge >= 0.3 is 0 Å². The summed E-state index contributed by atoms with van der Waals surface area (Å²) in [4.78, 5) is 38.6. The van der Waals surface area contributed by atoms with Crippen LogP contribution in [-0.4, -0.2) is 29.6 Å². The van der Waals surface area contributed by atoms with Crippen LogP contribution in [0.3, 0.4) is 0 Å².